The van der Waals surface area contributed by atoms with Crippen molar-refractivity contribution in [2.24, 2.45) is 17.8 Å². The number of amides is 6. The van der Waals surface area contributed by atoms with Crippen LogP contribution >= 0.6 is 0 Å². The van der Waals surface area contributed by atoms with Crippen LogP contribution in [-0.2, 0) is 54.2 Å². The smallest absolute Gasteiger partial charge is 0.407 e. The van der Waals surface area contributed by atoms with Gasteiger partial charge in [-0.25, -0.2) is 14.4 Å². The van der Waals surface area contributed by atoms with E-state index in [1.807, 2.05) is 26.8 Å². The minimum absolute atomic E-state index is 0.0450. The van der Waals surface area contributed by atoms with E-state index in [1.165, 1.54) is 45.8 Å². The number of benzene rings is 1. The molecule has 0 aliphatic carbocycles. The molecule has 2 rings (SSSR count). The van der Waals surface area contributed by atoms with Gasteiger partial charge in [-0.3, -0.25) is 24.0 Å². The van der Waals surface area contributed by atoms with Crippen LogP contribution in [-0.4, -0.2) is 139 Å². The van der Waals surface area contributed by atoms with Crippen LogP contribution in [0, 0.1) is 17.8 Å². The van der Waals surface area contributed by atoms with Crippen molar-refractivity contribution in [2.45, 2.75) is 163 Å². The van der Waals surface area contributed by atoms with Gasteiger partial charge in [0.1, 0.15) is 36.4 Å². The van der Waals surface area contributed by atoms with E-state index < -0.39 is 108 Å². The number of nitrogens with one attached hydrogen (secondary N) is 4. The van der Waals surface area contributed by atoms with Crippen LogP contribution in [0.4, 0.5) is 4.79 Å². The molecule has 1 heterocycles. The number of aliphatic hydroxyl groups excluding tert-OH is 1. The van der Waals surface area contributed by atoms with E-state index in [2.05, 4.69) is 21.3 Å². The van der Waals surface area contributed by atoms with Crippen molar-refractivity contribution in [2.75, 3.05) is 33.8 Å². The van der Waals surface area contributed by atoms with Crippen molar-refractivity contribution in [1.82, 2.24) is 31.1 Å². The molecule has 0 unspecified atom stereocenters. The Morgan fingerprint density at radius 2 is 1.54 bits per heavy atom. The van der Waals surface area contributed by atoms with E-state index in [0.717, 1.165) is 23.3 Å². The number of likely N-dealkylation sites (N-methyl/N-ethyl adjacent to an activating group) is 2. The van der Waals surface area contributed by atoms with E-state index in [4.69, 9.17) is 19.3 Å². The third kappa shape index (κ3) is 19.6. The molecule has 5 N–H and O–H groups in total. The highest BCUT2D eigenvalue weighted by molar-refractivity contribution is 5.96. The van der Waals surface area contributed by atoms with E-state index in [9.17, 15) is 38.4 Å². The Hall–Kier alpha value is -5.78. The largest absolute Gasteiger partial charge is 0.456 e. The summed E-state index contributed by atoms with van der Waals surface area (Å²) >= 11 is 0. The fraction of sp³-hybridized carbons (Fsp3) is 0.647. The van der Waals surface area contributed by atoms with Crippen LogP contribution in [0.15, 0.2) is 53.6 Å². The molecule has 386 valence electrons. The number of aliphatic hydroxyl groups is 1. The average molecular weight is 969 g/mol. The van der Waals surface area contributed by atoms with Crippen LogP contribution in [0.2, 0.25) is 0 Å². The van der Waals surface area contributed by atoms with Gasteiger partial charge in [-0.2, -0.15) is 0 Å². The Bertz CT molecular complexity index is 1940. The highest BCUT2D eigenvalue weighted by Crippen LogP contribution is 2.26. The summed E-state index contributed by atoms with van der Waals surface area (Å²) in [5, 5.41) is 19.9. The zero-order valence-corrected chi connectivity index (χ0v) is 42.9. The summed E-state index contributed by atoms with van der Waals surface area (Å²) in [5.74, 6) is -6.17. The van der Waals surface area contributed by atoms with Gasteiger partial charge >= 0.3 is 18.0 Å². The van der Waals surface area contributed by atoms with E-state index in [1.54, 1.807) is 58.0 Å². The van der Waals surface area contributed by atoms with Crippen LogP contribution in [0.25, 0.3) is 0 Å². The lowest BCUT2D eigenvalue weighted by molar-refractivity contribution is -0.155. The summed E-state index contributed by atoms with van der Waals surface area (Å²) in [6, 6.07) is 4.34. The first-order valence-corrected chi connectivity index (χ1v) is 24.3. The first-order valence-electron chi connectivity index (χ1n) is 24.3. The normalized spacial score (nSPS) is 26.2. The lowest BCUT2D eigenvalue weighted by Crippen LogP contribution is -2.57. The average Bonchev–Trinajstić information content (AvgIpc) is 3.31. The van der Waals surface area contributed by atoms with Gasteiger partial charge in [0, 0.05) is 51.6 Å². The van der Waals surface area contributed by atoms with Gasteiger partial charge in [-0.05, 0) is 76.9 Å². The lowest BCUT2D eigenvalue weighted by atomic mass is 9.90. The number of hydrogen-bond donors (Lipinski definition) is 5. The molecule has 1 aliphatic heterocycles. The van der Waals surface area contributed by atoms with E-state index in [0.29, 0.717) is 31.4 Å². The fourth-order valence-corrected chi connectivity index (χ4v) is 7.65. The van der Waals surface area contributed by atoms with Crippen molar-refractivity contribution in [1.29, 1.82) is 0 Å². The first-order chi connectivity index (χ1) is 32.6. The molecule has 18 heteroatoms. The van der Waals surface area contributed by atoms with Crippen LogP contribution in [0.1, 0.15) is 120 Å². The van der Waals surface area contributed by atoms with Crippen LogP contribution < -0.4 is 21.3 Å². The Kier molecular flexibility index (Phi) is 25.8. The molecule has 0 saturated heterocycles. The summed E-state index contributed by atoms with van der Waals surface area (Å²) in [7, 11) is 2.84. The highest BCUT2D eigenvalue weighted by atomic mass is 16.6. The molecule has 9 atom stereocenters. The molecule has 1 aromatic rings. The molecule has 0 saturated carbocycles. The third-order valence-corrected chi connectivity index (χ3v) is 12.4. The Morgan fingerprint density at radius 3 is 2.14 bits per heavy atom. The zero-order valence-electron chi connectivity index (χ0n) is 42.9. The lowest BCUT2D eigenvalue weighted by Gasteiger charge is -2.33. The molecule has 0 fully saturated rings. The topological polar surface area (TPSA) is 239 Å². The number of nitrogens with zero attached hydrogens (tertiary/aromatic N) is 2. The maximum atomic E-state index is 14.2. The van der Waals surface area contributed by atoms with Crippen molar-refractivity contribution >= 4 is 47.6 Å². The van der Waals surface area contributed by atoms with Gasteiger partial charge in [0.05, 0.1) is 6.54 Å². The maximum Gasteiger partial charge on any atom is 0.407 e. The number of hydrogen-bond acceptors (Lipinski definition) is 12. The highest BCUT2D eigenvalue weighted by Gasteiger charge is 2.37. The van der Waals surface area contributed by atoms with Gasteiger partial charge < -0.3 is 50.4 Å². The summed E-state index contributed by atoms with van der Waals surface area (Å²) < 4.78 is 17.8. The first kappa shape index (κ1) is 59.3. The predicted molar refractivity (Wildman–Crippen MR) is 261 cm³/mol. The number of cyclic esters (lactones) is 2. The Balaban J connectivity index is 2.69. The number of esters is 2. The number of alkyl carbamates (subject to hydrolysis) is 1. The maximum absolute atomic E-state index is 14.2. The molecule has 0 bridgehead atoms. The standard InChI is InChI=1S/C51H80N6O12/c1-13-32(5)43-46(61)54-37(10)50(65)69-44(33(6)14-2)35(8)40(68-51(66)52-26-20-15-16-21-27-58)25-24-34(7)49(64)67-41(28-31(3)4)45(60)53-36(9)47(62)57(12)39(29-38-22-18-17-19-23-38)48(63)56(11)30-42(59)55-43/h14,17-19,22-24,31-32,35-37,39-41,43-44,58H,13,15-16,20-21,25-30H2,1-12H3,(H,52,66)(H,53,60)(H,54,61)(H,55,59)/b33-14+,34-24-/t32-,35+,36+,37-,39-,40+,41-,43+,44-/m1/s1. The summed E-state index contributed by atoms with van der Waals surface area (Å²) in [4.78, 5) is 113. The molecule has 1 aliphatic rings. The Labute approximate surface area is 409 Å². The van der Waals surface area contributed by atoms with Crippen molar-refractivity contribution in [3.8, 4) is 0 Å². The Morgan fingerprint density at radius 1 is 0.899 bits per heavy atom. The molecule has 0 aromatic heterocycles. The van der Waals surface area contributed by atoms with Crippen LogP contribution in [0.5, 0.6) is 0 Å². The fourth-order valence-electron chi connectivity index (χ4n) is 7.65. The number of ether oxygens (including phenoxy) is 3. The number of allylic oxidation sites excluding steroid dienone is 1. The van der Waals surface area contributed by atoms with Gasteiger partial charge in [0.25, 0.3) is 5.91 Å². The van der Waals surface area contributed by atoms with Gasteiger partial charge in [0.2, 0.25) is 23.6 Å². The van der Waals surface area contributed by atoms with Crippen molar-refractivity contribution in [3.63, 3.8) is 0 Å². The van der Waals surface area contributed by atoms with E-state index >= 15 is 0 Å². The summed E-state index contributed by atoms with van der Waals surface area (Å²) in [5.41, 5.74) is 1.42. The van der Waals surface area contributed by atoms with Gasteiger partial charge in [0.15, 0.2) is 6.10 Å². The minimum Gasteiger partial charge on any atom is -0.456 e. The van der Waals surface area contributed by atoms with Crippen molar-refractivity contribution < 1.29 is 57.7 Å². The van der Waals surface area contributed by atoms with Crippen molar-refractivity contribution in [3.05, 3.63) is 59.2 Å². The molecular formula is C51H80N6O12. The molecule has 0 spiro atoms. The monoisotopic (exact) mass is 969 g/mol. The van der Waals surface area contributed by atoms with Gasteiger partial charge in [-0.1, -0.05) is 96.4 Å². The molecule has 0 radical (unpaired) electrons. The molecule has 69 heavy (non-hydrogen) atoms. The summed E-state index contributed by atoms with van der Waals surface area (Å²) in [6.45, 7) is 16.8. The SMILES string of the molecule is C/C=C(\C)[C@H]1OC(=O)[C@@H](C)NC(=O)[C@H]([C@H](C)CC)NC(=O)CN(C)C(=O)[C@@H](Cc2ccccc2)N(C)C(=O)[C@H](C)NC(=O)[C@@H](CC(C)C)OC(=O)/C(C)=C\C[C@H](OC(=O)NCCCCCCO)[C@@H]1C. The minimum atomic E-state index is -1.32. The summed E-state index contributed by atoms with van der Waals surface area (Å²) in [6.07, 6.45) is 2.68. The van der Waals surface area contributed by atoms with Crippen LogP contribution in [0.3, 0.4) is 0 Å². The predicted octanol–water partition coefficient (Wildman–Crippen LogP) is 4.52. The second-order valence-electron chi connectivity index (χ2n) is 18.6. The van der Waals surface area contributed by atoms with Gasteiger partial charge in [-0.15, -0.1) is 0 Å². The van der Waals surface area contributed by atoms with E-state index in [-0.39, 0.29) is 37.4 Å². The second-order valence-corrected chi connectivity index (χ2v) is 18.6. The molecule has 6 amide bonds. The quantitative estimate of drug-likeness (QED) is 0.0749. The third-order valence-electron chi connectivity index (χ3n) is 12.4. The number of unbranched alkanes of at least 4 members (excludes halogenated alkanes) is 3. The second kappa shape index (κ2) is 30.0. The molecular weight excluding hydrogens is 889 g/mol. The zero-order chi connectivity index (χ0) is 52.0. The molecule has 1 aromatic carbocycles. The number of rotatable bonds is 14. The number of carbonyl (C=O) groups is 8. The molecule has 18 nitrogen and oxygen atoms in total. The number of carbonyl (C=O) groups excluding carboxylic acids is 8.